The van der Waals surface area contributed by atoms with Gasteiger partial charge < -0.3 is 29.6 Å². The molecular formula is C21H22N2O5. The minimum absolute atomic E-state index is 0.195. The maximum absolute atomic E-state index is 12.2. The second-order valence-electron chi connectivity index (χ2n) is 7.06. The van der Waals surface area contributed by atoms with E-state index in [1.807, 2.05) is 18.2 Å². The van der Waals surface area contributed by atoms with Crippen LogP contribution in [0.5, 0.6) is 23.0 Å². The molecule has 3 aliphatic heterocycles. The Balaban J connectivity index is 1.16. The second-order valence-corrected chi connectivity index (χ2v) is 7.06. The molecule has 3 aliphatic rings. The Hall–Kier alpha value is -3.09. The van der Waals surface area contributed by atoms with Gasteiger partial charge >= 0.3 is 6.03 Å². The van der Waals surface area contributed by atoms with Crippen LogP contribution in [0.25, 0.3) is 0 Å². The van der Waals surface area contributed by atoms with Crippen molar-refractivity contribution in [3.8, 4) is 23.0 Å². The van der Waals surface area contributed by atoms with Crippen molar-refractivity contribution < 1.29 is 23.7 Å². The van der Waals surface area contributed by atoms with Crippen molar-refractivity contribution in [1.29, 1.82) is 0 Å². The van der Waals surface area contributed by atoms with Crippen molar-refractivity contribution in [3.05, 3.63) is 46.5 Å². The first-order chi connectivity index (χ1) is 13.8. The number of carbonyl (C=O) groups is 1. The van der Waals surface area contributed by atoms with Gasteiger partial charge in [-0.15, -0.1) is 0 Å². The van der Waals surface area contributed by atoms with Gasteiger partial charge in [0.05, 0.1) is 13.2 Å². The molecule has 0 spiro atoms. The van der Waals surface area contributed by atoms with Gasteiger partial charge in [0.2, 0.25) is 6.79 Å². The lowest BCUT2D eigenvalue weighted by atomic mass is 9.97. The van der Waals surface area contributed by atoms with E-state index in [1.165, 1.54) is 16.7 Å². The smallest absolute Gasteiger partial charge is 0.315 e. The maximum atomic E-state index is 12.2. The van der Waals surface area contributed by atoms with Crippen molar-refractivity contribution in [3.63, 3.8) is 0 Å². The molecule has 0 radical (unpaired) electrons. The number of hydrogen-bond donors (Lipinski definition) is 2. The molecule has 2 aromatic carbocycles. The average Bonchev–Trinajstić information content (AvgIpc) is 3.45. The number of rotatable bonds is 5. The maximum Gasteiger partial charge on any atom is 0.315 e. The Labute approximate surface area is 162 Å². The number of fused-ring (bicyclic) bond motifs is 3. The highest BCUT2D eigenvalue weighted by atomic mass is 16.7. The normalized spacial score (nSPS) is 15.4. The SMILES string of the molecule is O=C(NCCc1c2c(cc3c1OCC3)OCC2)NCc1ccc2c(c1)OCO2. The Morgan fingerprint density at radius 2 is 1.82 bits per heavy atom. The number of benzene rings is 2. The Morgan fingerprint density at radius 3 is 2.79 bits per heavy atom. The number of carbonyl (C=O) groups excluding carboxylic acids is 1. The minimum Gasteiger partial charge on any atom is -0.493 e. The van der Waals surface area contributed by atoms with Crippen LogP contribution in [0.2, 0.25) is 0 Å². The predicted molar refractivity (Wildman–Crippen MR) is 101 cm³/mol. The summed E-state index contributed by atoms with van der Waals surface area (Å²) in [6.07, 6.45) is 2.55. The summed E-state index contributed by atoms with van der Waals surface area (Å²) in [5.74, 6) is 3.43. The molecule has 28 heavy (non-hydrogen) atoms. The Kier molecular flexibility index (Phi) is 4.35. The van der Waals surface area contributed by atoms with E-state index in [1.54, 1.807) is 0 Å². The van der Waals surface area contributed by atoms with Crippen molar-refractivity contribution in [1.82, 2.24) is 10.6 Å². The highest BCUT2D eigenvalue weighted by Gasteiger charge is 2.26. The van der Waals surface area contributed by atoms with Crippen LogP contribution in [0.4, 0.5) is 4.79 Å². The van der Waals surface area contributed by atoms with E-state index in [9.17, 15) is 4.79 Å². The van der Waals surface area contributed by atoms with E-state index >= 15 is 0 Å². The van der Waals surface area contributed by atoms with E-state index in [2.05, 4.69) is 16.7 Å². The molecule has 0 saturated heterocycles. The third-order valence-electron chi connectivity index (χ3n) is 5.31. The summed E-state index contributed by atoms with van der Waals surface area (Å²) in [6, 6.07) is 7.58. The van der Waals surface area contributed by atoms with Gasteiger partial charge in [0.1, 0.15) is 11.5 Å². The van der Waals surface area contributed by atoms with Gasteiger partial charge in [-0.05, 0) is 30.2 Å². The summed E-state index contributed by atoms with van der Waals surface area (Å²) in [6.45, 7) is 2.65. The molecule has 0 unspecified atom stereocenters. The van der Waals surface area contributed by atoms with Gasteiger partial charge in [-0.2, -0.15) is 0 Å². The first-order valence-electron chi connectivity index (χ1n) is 9.61. The molecule has 2 aromatic rings. The largest absolute Gasteiger partial charge is 0.493 e. The molecule has 3 heterocycles. The first-order valence-corrected chi connectivity index (χ1v) is 9.61. The molecule has 7 heteroatoms. The fraction of sp³-hybridized carbons (Fsp3) is 0.381. The molecule has 0 saturated carbocycles. The Bertz CT molecular complexity index is 895. The molecule has 2 amide bonds. The summed E-state index contributed by atoms with van der Waals surface area (Å²) in [5.41, 5.74) is 4.58. The number of hydrogen-bond acceptors (Lipinski definition) is 5. The summed E-state index contributed by atoms with van der Waals surface area (Å²) in [7, 11) is 0. The number of urea groups is 1. The van der Waals surface area contributed by atoms with Gasteiger partial charge in [0.15, 0.2) is 11.5 Å². The summed E-state index contributed by atoms with van der Waals surface area (Å²) >= 11 is 0. The molecule has 0 atom stereocenters. The van der Waals surface area contributed by atoms with Crippen LogP contribution >= 0.6 is 0 Å². The third kappa shape index (κ3) is 3.17. The molecule has 0 aromatic heterocycles. The van der Waals surface area contributed by atoms with Gasteiger partial charge in [-0.25, -0.2) is 4.79 Å². The standard InChI is InChI=1S/C21H22N2O5/c24-21(23-11-13-1-2-17-19(9-13)28-12-27-17)22-6-3-16-15-5-8-25-18(15)10-14-4-7-26-20(14)16/h1-2,9-10H,3-8,11-12H2,(H2,22,23,24). The molecule has 0 aliphatic carbocycles. The predicted octanol–water partition coefficient (Wildman–Crippen LogP) is 2.33. The van der Waals surface area contributed by atoms with E-state index in [-0.39, 0.29) is 12.8 Å². The number of amides is 2. The zero-order valence-corrected chi connectivity index (χ0v) is 15.5. The molecule has 0 bridgehead atoms. The lowest BCUT2D eigenvalue weighted by molar-refractivity contribution is 0.174. The van der Waals surface area contributed by atoms with Crippen LogP contribution < -0.4 is 29.6 Å². The van der Waals surface area contributed by atoms with Crippen molar-refractivity contribution in [2.24, 2.45) is 0 Å². The summed E-state index contributed by atoms with van der Waals surface area (Å²) < 4.78 is 22.2. The van der Waals surface area contributed by atoms with Crippen LogP contribution in [0.3, 0.4) is 0 Å². The number of ether oxygens (including phenoxy) is 4. The highest BCUT2D eigenvalue weighted by molar-refractivity contribution is 5.74. The van der Waals surface area contributed by atoms with Crippen molar-refractivity contribution >= 4 is 6.03 Å². The van der Waals surface area contributed by atoms with Crippen LogP contribution in [-0.2, 0) is 25.8 Å². The van der Waals surface area contributed by atoms with Crippen LogP contribution in [0, 0.1) is 0 Å². The zero-order chi connectivity index (χ0) is 18.9. The number of nitrogens with one attached hydrogen (secondary N) is 2. The van der Waals surface area contributed by atoms with E-state index in [4.69, 9.17) is 18.9 Å². The fourth-order valence-corrected chi connectivity index (χ4v) is 3.95. The second kappa shape index (κ2) is 7.14. The fourth-order valence-electron chi connectivity index (χ4n) is 3.95. The van der Waals surface area contributed by atoms with Crippen molar-refractivity contribution in [2.75, 3.05) is 26.6 Å². The molecule has 0 fully saturated rings. The summed E-state index contributed by atoms with van der Waals surface area (Å²) in [5, 5.41) is 5.81. The third-order valence-corrected chi connectivity index (χ3v) is 5.31. The molecule has 146 valence electrons. The van der Waals surface area contributed by atoms with E-state index < -0.39 is 0 Å². The van der Waals surface area contributed by atoms with Gasteiger partial charge in [-0.3, -0.25) is 0 Å². The first kappa shape index (κ1) is 17.0. The molecule has 7 nitrogen and oxygen atoms in total. The van der Waals surface area contributed by atoms with Crippen LogP contribution in [0.1, 0.15) is 22.3 Å². The monoisotopic (exact) mass is 382 g/mol. The van der Waals surface area contributed by atoms with E-state index in [0.29, 0.717) is 32.1 Å². The summed E-state index contributed by atoms with van der Waals surface area (Å²) in [4.78, 5) is 12.2. The average molecular weight is 382 g/mol. The van der Waals surface area contributed by atoms with Crippen molar-refractivity contribution in [2.45, 2.75) is 25.8 Å². The lowest BCUT2D eigenvalue weighted by Crippen LogP contribution is -2.36. The molecule has 2 N–H and O–H groups in total. The highest BCUT2D eigenvalue weighted by Crippen LogP contribution is 2.40. The van der Waals surface area contributed by atoms with Gasteiger partial charge in [-0.1, -0.05) is 6.07 Å². The minimum atomic E-state index is -0.195. The topological polar surface area (TPSA) is 78.1 Å². The zero-order valence-electron chi connectivity index (χ0n) is 15.5. The van der Waals surface area contributed by atoms with Crippen LogP contribution in [-0.4, -0.2) is 32.6 Å². The molecular weight excluding hydrogens is 360 g/mol. The van der Waals surface area contributed by atoms with Gasteiger partial charge in [0, 0.05) is 42.6 Å². The van der Waals surface area contributed by atoms with Crippen LogP contribution in [0.15, 0.2) is 24.3 Å². The quantitative estimate of drug-likeness (QED) is 0.830. The van der Waals surface area contributed by atoms with Gasteiger partial charge in [0.25, 0.3) is 0 Å². The lowest BCUT2D eigenvalue weighted by Gasteiger charge is -2.14. The van der Waals surface area contributed by atoms with E-state index in [0.717, 1.165) is 42.1 Å². The molecule has 5 rings (SSSR count). The Morgan fingerprint density at radius 1 is 0.929 bits per heavy atom.